The number of ether oxygens (including phenoxy) is 2. The van der Waals surface area contributed by atoms with Gasteiger partial charge in [-0.25, -0.2) is 4.79 Å². The van der Waals surface area contributed by atoms with Crippen LogP contribution in [0.3, 0.4) is 0 Å². The monoisotopic (exact) mass is 222 g/mol. The fourth-order valence-electron chi connectivity index (χ4n) is 1.14. The molecule has 0 saturated carbocycles. The van der Waals surface area contributed by atoms with Gasteiger partial charge in [-0.05, 0) is 38.1 Å². The van der Waals surface area contributed by atoms with Gasteiger partial charge in [-0.1, -0.05) is 0 Å². The molecule has 1 rings (SSSR count). The fraction of sp³-hybridized carbons (Fsp3) is 0.333. The van der Waals surface area contributed by atoms with Gasteiger partial charge in [0.2, 0.25) is 0 Å². The third kappa shape index (κ3) is 3.38. The standard InChI is InChI=1S/C12H14O4/c1-3-15-12(14)9(2)16-11-6-4-10(8-13)5-7-11/h4-9H,3H2,1-2H3/t9-/m0/s1. The van der Waals surface area contributed by atoms with Crippen LogP contribution >= 0.6 is 0 Å². The molecule has 0 aliphatic heterocycles. The summed E-state index contributed by atoms with van der Waals surface area (Å²) in [6, 6.07) is 6.53. The van der Waals surface area contributed by atoms with Crippen LogP contribution in [-0.4, -0.2) is 25.0 Å². The second-order valence-electron chi connectivity index (χ2n) is 3.20. The molecule has 0 aliphatic rings. The predicted octanol–water partition coefficient (Wildman–Crippen LogP) is 1.83. The van der Waals surface area contributed by atoms with Crippen LogP contribution in [0, 0.1) is 0 Å². The number of aldehydes is 1. The number of esters is 1. The third-order valence-electron chi connectivity index (χ3n) is 1.95. The van der Waals surface area contributed by atoms with E-state index in [1.165, 1.54) is 0 Å². The maximum absolute atomic E-state index is 11.3. The van der Waals surface area contributed by atoms with Crippen molar-refractivity contribution in [2.24, 2.45) is 0 Å². The molecule has 0 aromatic heterocycles. The van der Waals surface area contributed by atoms with E-state index in [2.05, 4.69) is 0 Å². The number of hydrogen-bond acceptors (Lipinski definition) is 4. The van der Waals surface area contributed by atoms with Gasteiger partial charge in [-0.3, -0.25) is 4.79 Å². The largest absolute Gasteiger partial charge is 0.479 e. The highest BCUT2D eigenvalue weighted by Gasteiger charge is 2.15. The lowest BCUT2D eigenvalue weighted by Gasteiger charge is -2.13. The van der Waals surface area contributed by atoms with E-state index in [-0.39, 0.29) is 0 Å². The Morgan fingerprint density at radius 3 is 2.50 bits per heavy atom. The van der Waals surface area contributed by atoms with Crippen LogP contribution in [0.15, 0.2) is 24.3 Å². The molecule has 0 unspecified atom stereocenters. The predicted molar refractivity (Wildman–Crippen MR) is 58.6 cm³/mol. The molecule has 0 saturated heterocycles. The average molecular weight is 222 g/mol. The fourth-order valence-corrected chi connectivity index (χ4v) is 1.14. The summed E-state index contributed by atoms with van der Waals surface area (Å²) in [7, 11) is 0. The van der Waals surface area contributed by atoms with E-state index < -0.39 is 12.1 Å². The lowest BCUT2D eigenvalue weighted by atomic mass is 10.2. The summed E-state index contributed by atoms with van der Waals surface area (Å²) in [6.45, 7) is 3.69. The highest BCUT2D eigenvalue weighted by molar-refractivity contribution is 5.75. The number of hydrogen-bond donors (Lipinski definition) is 0. The van der Waals surface area contributed by atoms with Gasteiger partial charge < -0.3 is 9.47 Å². The van der Waals surface area contributed by atoms with E-state index in [4.69, 9.17) is 9.47 Å². The molecule has 1 aromatic rings. The number of carbonyl (C=O) groups is 2. The molecule has 0 spiro atoms. The zero-order valence-corrected chi connectivity index (χ0v) is 9.30. The van der Waals surface area contributed by atoms with Crippen molar-refractivity contribution in [3.63, 3.8) is 0 Å². The van der Waals surface area contributed by atoms with Gasteiger partial charge >= 0.3 is 5.97 Å². The minimum Gasteiger partial charge on any atom is -0.479 e. The summed E-state index contributed by atoms with van der Waals surface area (Å²) in [6.07, 6.45) is 0.0977. The molecular formula is C12H14O4. The van der Waals surface area contributed by atoms with E-state index in [0.717, 1.165) is 6.29 Å². The second kappa shape index (κ2) is 5.90. The Bertz CT molecular complexity index is 356. The van der Waals surface area contributed by atoms with Crippen molar-refractivity contribution in [1.82, 2.24) is 0 Å². The molecule has 0 aliphatic carbocycles. The highest BCUT2D eigenvalue weighted by Crippen LogP contribution is 2.13. The zero-order valence-electron chi connectivity index (χ0n) is 9.30. The zero-order chi connectivity index (χ0) is 12.0. The topological polar surface area (TPSA) is 52.6 Å². The summed E-state index contributed by atoms with van der Waals surface area (Å²) in [4.78, 5) is 21.7. The summed E-state index contributed by atoms with van der Waals surface area (Å²) >= 11 is 0. The van der Waals surface area contributed by atoms with Crippen molar-refractivity contribution < 1.29 is 19.1 Å². The molecular weight excluding hydrogens is 208 g/mol. The normalized spacial score (nSPS) is 11.6. The number of benzene rings is 1. The molecule has 0 bridgehead atoms. The minimum atomic E-state index is -0.651. The van der Waals surface area contributed by atoms with E-state index in [1.54, 1.807) is 38.1 Å². The van der Waals surface area contributed by atoms with Crippen molar-refractivity contribution in [2.75, 3.05) is 6.61 Å². The van der Waals surface area contributed by atoms with E-state index in [1.807, 2.05) is 0 Å². The minimum absolute atomic E-state index is 0.330. The van der Waals surface area contributed by atoms with Crippen LogP contribution in [0.1, 0.15) is 24.2 Å². The van der Waals surface area contributed by atoms with Gasteiger partial charge in [0.05, 0.1) is 6.61 Å². The molecule has 0 radical (unpaired) electrons. The summed E-state index contributed by atoms with van der Waals surface area (Å²) in [5.41, 5.74) is 0.566. The molecule has 4 heteroatoms. The maximum Gasteiger partial charge on any atom is 0.347 e. The quantitative estimate of drug-likeness (QED) is 0.563. The smallest absolute Gasteiger partial charge is 0.347 e. The van der Waals surface area contributed by atoms with Crippen LogP contribution in [0.2, 0.25) is 0 Å². The lowest BCUT2D eigenvalue weighted by molar-refractivity contribution is -0.150. The molecule has 0 amide bonds. The molecule has 4 nitrogen and oxygen atoms in total. The van der Waals surface area contributed by atoms with Crippen molar-refractivity contribution in [3.8, 4) is 5.75 Å². The van der Waals surface area contributed by atoms with Crippen molar-refractivity contribution in [2.45, 2.75) is 20.0 Å². The average Bonchev–Trinajstić information content (AvgIpc) is 2.30. The van der Waals surface area contributed by atoms with Crippen LogP contribution in [0.25, 0.3) is 0 Å². The first-order valence-corrected chi connectivity index (χ1v) is 5.06. The van der Waals surface area contributed by atoms with Crippen molar-refractivity contribution in [1.29, 1.82) is 0 Å². The molecule has 86 valence electrons. The van der Waals surface area contributed by atoms with Gasteiger partial charge in [-0.2, -0.15) is 0 Å². The molecule has 0 fully saturated rings. The van der Waals surface area contributed by atoms with Crippen molar-refractivity contribution in [3.05, 3.63) is 29.8 Å². The molecule has 1 atom stereocenters. The SMILES string of the molecule is CCOC(=O)[C@H](C)Oc1ccc(C=O)cc1. The third-order valence-corrected chi connectivity index (χ3v) is 1.95. The summed E-state index contributed by atoms with van der Waals surface area (Å²) in [5.74, 6) is 0.133. The lowest BCUT2D eigenvalue weighted by Crippen LogP contribution is -2.26. The Morgan fingerprint density at radius 1 is 1.38 bits per heavy atom. The van der Waals surface area contributed by atoms with Crippen LogP contribution in [-0.2, 0) is 9.53 Å². The van der Waals surface area contributed by atoms with Gasteiger partial charge in [0.25, 0.3) is 0 Å². The number of carbonyl (C=O) groups excluding carboxylic acids is 2. The van der Waals surface area contributed by atoms with Crippen LogP contribution in [0.4, 0.5) is 0 Å². The van der Waals surface area contributed by atoms with Crippen LogP contribution < -0.4 is 4.74 Å². The molecule has 1 aromatic carbocycles. The van der Waals surface area contributed by atoms with E-state index >= 15 is 0 Å². The maximum atomic E-state index is 11.3. The Hall–Kier alpha value is -1.84. The van der Waals surface area contributed by atoms with Gasteiger partial charge in [0, 0.05) is 5.56 Å². The summed E-state index contributed by atoms with van der Waals surface area (Å²) in [5, 5.41) is 0. The summed E-state index contributed by atoms with van der Waals surface area (Å²) < 4.78 is 10.1. The molecule has 0 heterocycles. The first-order chi connectivity index (χ1) is 7.67. The Balaban J connectivity index is 2.58. The van der Waals surface area contributed by atoms with Gasteiger partial charge in [0.15, 0.2) is 6.10 Å². The molecule has 16 heavy (non-hydrogen) atoms. The van der Waals surface area contributed by atoms with Crippen molar-refractivity contribution >= 4 is 12.3 Å². The Morgan fingerprint density at radius 2 is 2.00 bits per heavy atom. The first kappa shape index (κ1) is 12.2. The Kier molecular flexibility index (Phi) is 4.51. The second-order valence-corrected chi connectivity index (χ2v) is 3.20. The van der Waals surface area contributed by atoms with Crippen LogP contribution in [0.5, 0.6) is 5.75 Å². The first-order valence-electron chi connectivity index (χ1n) is 5.06. The van der Waals surface area contributed by atoms with Gasteiger partial charge in [-0.15, -0.1) is 0 Å². The van der Waals surface area contributed by atoms with E-state index in [0.29, 0.717) is 17.9 Å². The highest BCUT2D eigenvalue weighted by atomic mass is 16.6. The Labute approximate surface area is 94.2 Å². The van der Waals surface area contributed by atoms with E-state index in [9.17, 15) is 9.59 Å². The molecule has 0 N–H and O–H groups in total. The van der Waals surface area contributed by atoms with Gasteiger partial charge in [0.1, 0.15) is 12.0 Å². The number of rotatable bonds is 5.